The number of aliphatic imine (C=N–C) groups is 1. The first-order chi connectivity index (χ1) is 43.5. The SMILES string of the molecule is CC(=O)N[C@@H](CO)C(=O)N[C@@H](C)C(=O)N[C@@H](CCCN=C(N)N)C(=O)N[C@@H](Cc1c[nH]c2ccccc12)C(=O)N[C@H]1C/C=C\C[C@@H](C(=O)N2CCC[C@H]2C(=O)N[C@@H](CCCCN)C(N)=O)NC(=O)[C@H](C)NC(=O)[C@@H]2CCCN2C(=O)[C@H](Cc2ccccc2)NC1=O. The number of nitrogens with zero attached hydrogens (tertiary/aromatic N) is 3. The molecule has 0 aliphatic carbocycles. The van der Waals surface area contributed by atoms with E-state index in [0.717, 1.165) is 6.92 Å². The minimum Gasteiger partial charge on any atom is -0.394 e. The van der Waals surface area contributed by atoms with Gasteiger partial charge in [0.15, 0.2) is 5.96 Å². The van der Waals surface area contributed by atoms with Gasteiger partial charge in [0.05, 0.1) is 6.61 Å². The first kappa shape index (κ1) is 70.6. The zero-order valence-corrected chi connectivity index (χ0v) is 51.5. The van der Waals surface area contributed by atoms with Gasteiger partial charge in [-0.1, -0.05) is 60.7 Å². The highest BCUT2D eigenvalue weighted by Gasteiger charge is 2.42. The maximum Gasteiger partial charge on any atom is 0.246 e. The number of nitrogens with two attached hydrogens (primary N) is 4. The number of guanidine groups is 1. The number of aliphatic hydroxyl groups is 1. The molecule has 494 valence electrons. The summed E-state index contributed by atoms with van der Waals surface area (Å²) in [6.45, 7) is 3.65. The van der Waals surface area contributed by atoms with Crippen LogP contribution in [0.25, 0.3) is 10.9 Å². The van der Waals surface area contributed by atoms with Gasteiger partial charge in [0.2, 0.25) is 70.9 Å². The van der Waals surface area contributed by atoms with Crippen LogP contribution in [0.5, 0.6) is 0 Å². The van der Waals surface area contributed by atoms with Crippen molar-refractivity contribution in [3.8, 4) is 0 Å². The number of hydrogen-bond acceptors (Lipinski definition) is 15. The normalized spacial score (nSPS) is 21.8. The van der Waals surface area contributed by atoms with Gasteiger partial charge in [-0.25, -0.2) is 0 Å². The van der Waals surface area contributed by atoms with Gasteiger partial charge in [-0.3, -0.25) is 62.5 Å². The predicted molar refractivity (Wildman–Crippen MR) is 333 cm³/mol. The first-order valence-corrected chi connectivity index (χ1v) is 30.7. The molecule has 4 heterocycles. The summed E-state index contributed by atoms with van der Waals surface area (Å²) < 4.78 is 0. The van der Waals surface area contributed by atoms with Gasteiger partial charge in [-0.15, -0.1) is 0 Å². The summed E-state index contributed by atoms with van der Waals surface area (Å²) in [4.78, 5) is 177. The number of rotatable bonds is 26. The lowest BCUT2D eigenvalue weighted by Crippen LogP contribution is -2.60. The predicted octanol–water partition coefficient (Wildman–Crippen LogP) is -3.63. The minimum atomic E-state index is -1.55. The zero-order chi connectivity index (χ0) is 66.3. The fourth-order valence-corrected chi connectivity index (χ4v) is 11.1. The van der Waals surface area contributed by atoms with Gasteiger partial charge in [-0.2, -0.15) is 0 Å². The summed E-state index contributed by atoms with van der Waals surface area (Å²) in [5, 5.41) is 34.2. The van der Waals surface area contributed by atoms with Gasteiger partial charge in [0, 0.05) is 56.5 Å². The molecule has 12 amide bonds. The lowest BCUT2D eigenvalue weighted by Gasteiger charge is -2.31. The topological polar surface area (TPSA) is 472 Å². The summed E-state index contributed by atoms with van der Waals surface area (Å²) >= 11 is 0. The van der Waals surface area contributed by atoms with Crippen LogP contribution in [0.1, 0.15) is 103 Å². The highest BCUT2D eigenvalue weighted by atomic mass is 16.3. The first-order valence-electron chi connectivity index (χ1n) is 30.7. The molecule has 0 saturated carbocycles. The zero-order valence-electron chi connectivity index (χ0n) is 51.5. The number of carbonyl (C=O) groups excluding carboxylic acids is 12. The van der Waals surface area contributed by atoms with Crippen LogP contribution in [-0.4, -0.2) is 196 Å². The molecule has 30 nitrogen and oxygen atoms in total. The van der Waals surface area contributed by atoms with E-state index in [-0.39, 0.29) is 83.4 Å². The number of amides is 12. The maximum absolute atomic E-state index is 15.2. The molecule has 3 aromatic rings. The van der Waals surface area contributed by atoms with Crippen molar-refractivity contribution in [1.29, 1.82) is 0 Å². The quantitative estimate of drug-likeness (QED) is 0.0160. The van der Waals surface area contributed by atoms with Crippen molar-refractivity contribution in [1.82, 2.24) is 62.6 Å². The van der Waals surface area contributed by atoms with Crippen molar-refractivity contribution < 1.29 is 62.6 Å². The van der Waals surface area contributed by atoms with E-state index >= 15 is 9.59 Å². The Balaban J connectivity index is 1.37. The van der Waals surface area contributed by atoms with Crippen molar-refractivity contribution in [3.63, 3.8) is 0 Å². The molecule has 30 heteroatoms. The fourth-order valence-electron chi connectivity index (χ4n) is 11.1. The van der Waals surface area contributed by atoms with Crippen LogP contribution in [-0.2, 0) is 70.4 Å². The number of unbranched alkanes of at least 4 members (excludes halogenated alkanes) is 1. The van der Waals surface area contributed by atoms with Crippen molar-refractivity contribution in [2.75, 3.05) is 32.8 Å². The molecule has 3 aliphatic rings. The molecule has 0 spiro atoms. The molecule has 3 aliphatic heterocycles. The summed E-state index contributed by atoms with van der Waals surface area (Å²) in [5.41, 5.74) is 24.3. The number of aromatic amines is 1. The van der Waals surface area contributed by atoms with Gasteiger partial charge >= 0.3 is 0 Å². The van der Waals surface area contributed by atoms with E-state index in [0.29, 0.717) is 54.3 Å². The van der Waals surface area contributed by atoms with E-state index < -0.39 is 144 Å². The number of benzene rings is 2. The van der Waals surface area contributed by atoms with Crippen LogP contribution >= 0.6 is 0 Å². The van der Waals surface area contributed by atoms with Gasteiger partial charge in [0.1, 0.15) is 66.5 Å². The van der Waals surface area contributed by atoms with E-state index in [9.17, 15) is 53.1 Å². The summed E-state index contributed by atoms with van der Waals surface area (Å²) in [6.07, 6.45) is 6.26. The van der Waals surface area contributed by atoms with Crippen LogP contribution in [0.15, 0.2) is 77.9 Å². The number of H-pyrrole nitrogens is 1. The number of primary amides is 1. The Hall–Kier alpha value is -9.45. The van der Waals surface area contributed by atoms with Crippen LogP contribution < -0.4 is 70.8 Å². The second-order valence-corrected chi connectivity index (χ2v) is 23.0. The Labute approximate surface area is 526 Å². The molecule has 1 aromatic heterocycles. The summed E-state index contributed by atoms with van der Waals surface area (Å²) in [6, 6.07) is 1.56. The number of aliphatic hydroxyl groups excluding tert-OH is 1. The molecule has 0 unspecified atom stereocenters. The second-order valence-electron chi connectivity index (χ2n) is 23.0. The standard InChI is InChI=1S/C61H87N17O13/c1-34(68-56(87)47(33-79)70-36(3)80)51(82)72-43(23-13-27-66-61(64)65)53(84)75-45(31-38-32-67-40-19-8-7-18-39(38)40)55(86)73-42-21-9-10-22-44(59(90)77-28-15-25-49(77)58(89)71-41(50(63)81)20-11-12-26-62)74-52(83)35(2)69-57(88)48-24-14-29-78(48)60(91)46(76-54(42)85)30-37-16-5-4-6-17-37/h4-10,16-19,32,34-35,41-49,67,79H,11-15,20-31,33,62H2,1-3H3,(H2,63,81)(H,68,87)(H,69,88)(H,70,80)(H,71,89)(H,72,82)(H,73,86)(H,74,83)(H,75,84)(H,76,85)(H4,64,65,66)/b10-9-/t34-,35-,41-,42-,43-,44-,45-,46-,47-,48-,49-/m0/s1. The maximum atomic E-state index is 15.2. The molecule has 0 radical (unpaired) electrons. The highest BCUT2D eigenvalue weighted by Crippen LogP contribution is 2.24. The monoisotopic (exact) mass is 1270 g/mol. The van der Waals surface area contributed by atoms with Gasteiger partial charge in [0.25, 0.3) is 0 Å². The third kappa shape index (κ3) is 20.5. The second kappa shape index (κ2) is 34.5. The van der Waals surface area contributed by atoms with Crippen LogP contribution in [0.2, 0.25) is 0 Å². The Morgan fingerprint density at radius 1 is 0.714 bits per heavy atom. The van der Waals surface area contributed by atoms with Crippen molar-refractivity contribution >= 4 is 87.7 Å². The van der Waals surface area contributed by atoms with E-state index in [1.165, 1.54) is 35.8 Å². The molecular weight excluding hydrogens is 1180 g/mol. The largest absolute Gasteiger partial charge is 0.394 e. The van der Waals surface area contributed by atoms with Crippen molar-refractivity contribution in [2.45, 2.75) is 171 Å². The lowest BCUT2D eigenvalue weighted by molar-refractivity contribution is -0.143. The number of aromatic nitrogens is 1. The molecular formula is C61H87N17O13. The lowest BCUT2D eigenvalue weighted by atomic mass is 10.0. The van der Waals surface area contributed by atoms with E-state index in [1.807, 2.05) is 0 Å². The molecule has 2 saturated heterocycles. The third-order valence-electron chi connectivity index (χ3n) is 16.0. The van der Waals surface area contributed by atoms with Crippen LogP contribution in [0.4, 0.5) is 0 Å². The Morgan fingerprint density at radius 3 is 2.10 bits per heavy atom. The van der Waals surface area contributed by atoms with E-state index in [2.05, 4.69) is 57.8 Å². The van der Waals surface area contributed by atoms with E-state index in [1.54, 1.807) is 60.8 Å². The molecule has 2 fully saturated rings. The number of likely N-dealkylation sites (tertiary alicyclic amines) is 1. The number of fused-ring (bicyclic) bond motifs is 2. The molecule has 6 rings (SSSR count). The number of carbonyl (C=O) groups is 12. The molecule has 11 atom stereocenters. The minimum absolute atomic E-state index is 0.0114. The highest BCUT2D eigenvalue weighted by molar-refractivity contribution is 6.00. The van der Waals surface area contributed by atoms with Crippen molar-refractivity contribution in [3.05, 3.63) is 84.1 Å². The van der Waals surface area contributed by atoms with Crippen LogP contribution in [0.3, 0.4) is 0 Å². The number of nitrogens with one attached hydrogen (secondary N) is 10. The number of hydrogen-bond donors (Lipinski definition) is 15. The summed E-state index contributed by atoms with van der Waals surface area (Å²) in [7, 11) is 0. The van der Waals surface area contributed by atoms with E-state index in [4.69, 9.17) is 22.9 Å². The molecule has 19 N–H and O–H groups in total. The summed E-state index contributed by atoms with van der Waals surface area (Å²) in [5.74, 6) is -9.44. The Morgan fingerprint density at radius 2 is 1.40 bits per heavy atom. The van der Waals surface area contributed by atoms with Crippen LogP contribution in [0, 0.1) is 0 Å². The average Bonchev–Trinajstić information content (AvgIpc) is 2.27. The fraction of sp³-hybridized carbons (Fsp3) is 0.525. The molecule has 2 aromatic carbocycles. The Kier molecular flexibility index (Phi) is 26.8. The number of para-hydroxylation sites is 1. The van der Waals surface area contributed by atoms with Gasteiger partial charge < -0.3 is 90.7 Å². The smallest absolute Gasteiger partial charge is 0.246 e. The van der Waals surface area contributed by atoms with Crippen molar-refractivity contribution in [2.24, 2.45) is 27.9 Å². The molecule has 0 bridgehead atoms. The third-order valence-corrected chi connectivity index (χ3v) is 16.0. The van der Waals surface area contributed by atoms with Gasteiger partial charge in [-0.05, 0) is 108 Å². The average molecular weight is 1270 g/mol. The Bertz CT molecular complexity index is 3150. The molecule has 91 heavy (non-hydrogen) atoms.